The molecule has 1 aliphatic rings. The van der Waals surface area contributed by atoms with E-state index in [4.69, 9.17) is 14.1 Å². The van der Waals surface area contributed by atoms with Gasteiger partial charge in [0.1, 0.15) is 23.6 Å². The summed E-state index contributed by atoms with van der Waals surface area (Å²) in [7, 11) is 0. The summed E-state index contributed by atoms with van der Waals surface area (Å²) >= 11 is 3.46. The summed E-state index contributed by atoms with van der Waals surface area (Å²) < 4.78 is 25.1. The summed E-state index contributed by atoms with van der Waals surface area (Å²) in [6.07, 6.45) is 9.00. The van der Waals surface area contributed by atoms with Crippen LogP contribution in [0.4, 0.5) is 10.1 Å². The number of benzene rings is 2. The van der Waals surface area contributed by atoms with E-state index in [1.165, 1.54) is 44.2 Å². The molecular weight excluding hydrogens is 453 g/mol. The van der Waals surface area contributed by atoms with E-state index in [1.807, 2.05) is 54.2 Å². The fourth-order valence-electron chi connectivity index (χ4n) is 3.86. The highest BCUT2D eigenvalue weighted by Gasteiger charge is 2.19. The first kappa shape index (κ1) is 24.1. The van der Waals surface area contributed by atoms with Crippen LogP contribution in [0.15, 0.2) is 87.3 Å². The number of aliphatic imine (C=N–C) groups is 1. The highest BCUT2D eigenvalue weighted by Crippen LogP contribution is 2.33. The van der Waals surface area contributed by atoms with Gasteiger partial charge in [0.2, 0.25) is 0 Å². The maximum atomic E-state index is 13.4. The number of halogens is 1. The zero-order valence-electron chi connectivity index (χ0n) is 18.7. The van der Waals surface area contributed by atoms with Crippen molar-refractivity contribution in [3.05, 3.63) is 84.6 Å². The standard InChI is InChI=1S/C27H30FNO2S2/c28-22-13-15-25(16-14-22)33-27(31-19-24-12-7-17-30-24)18-26(29-23-10-5-2-6-11-23)32-20-21-8-3-1-4-9-21/h2,5-7,10-17,21,27H,1,3-4,8-9,18-20H2. The van der Waals surface area contributed by atoms with Crippen LogP contribution < -0.4 is 0 Å². The van der Waals surface area contributed by atoms with Gasteiger partial charge in [0.25, 0.3) is 0 Å². The molecule has 0 aliphatic heterocycles. The minimum absolute atomic E-state index is 0.165. The summed E-state index contributed by atoms with van der Waals surface area (Å²) in [5.41, 5.74) is 0.794. The topological polar surface area (TPSA) is 34.7 Å². The molecule has 0 saturated heterocycles. The Morgan fingerprint density at radius 2 is 1.79 bits per heavy atom. The predicted octanol–water partition coefficient (Wildman–Crippen LogP) is 8.49. The molecule has 1 heterocycles. The van der Waals surface area contributed by atoms with Gasteiger partial charge in [-0.3, -0.25) is 0 Å². The summed E-state index contributed by atoms with van der Waals surface area (Å²) in [6, 6.07) is 20.5. The van der Waals surface area contributed by atoms with E-state index in [2.05, 4.69) is 0 Å². The first-order valence-corrected chi connectivity index (χ1v) is 13.4. The lowest BCUT2D eigenvalue weighted by atomic mass is 9.91. The number of hydrogen-bond donors (Lipinski definition) is 0. The lowest BCUT2D eigenvalue weighted by molar-refractivity contribution is 0.0902. The average Bonchev–Trinajstić information content (AvgIpc) is 3.37. The Morgan fingerprint density at radius 3 is 2.52 bits per heavy atom. The Kier molecular flexibility index (Phi) is 9.51. The van der Waals surface area contributed by atoms with Gasteiger partial charge in [-0.2, -0.15) is 0 Å². The first-order chi connectivity index (χ1) is 16.2. The summed E-state index contributed by atoms with van der Waals surface area (Å²) in [5, 5.41) is 1.07. The van der Waals surface area contributed by atoms with Gasteiger partial charge in [-0.1, -0.05) is 49.2 Å². The number of rotatable bonds is 10. The maximum Gasteiger partial charge on any atom is 0.129 e. The number of hydrogen-bond acceptors (Lipinski definition) is 5. The first-order valence-electron chi connectivity index (χ1n) is 11.6. The predicted molar refractivity (Wildman–Crippen MR) is 137 cm³/mol. The Balaban J connectivity index is 1.48. The number of para-hydroxylation sites is 1. The molecule has 0 bridgehead atoms. The number of ether oxygens (including phenoxy) is 1. The Morgan fingerprint density at radius 1 is 1.00 bits per heavy atom. The smallest absolute Gasteiger partial charge is 0.129 e. The van der Waals surface area contributed by atoms with Crippen LogP contribution in [0, 0.1) is 11.7 Å². The van der Waals surface area contributed by atoms with Crippen molar-refractivity contribution in [2.75, 3.05) is 5.75 Å². The number of nitrogens with zero attached hydrogens (tertiary/aromatic N) is 1. The summed E-state index contributed by atoms with van der Waals surface area (Å²) in [6.45, 7) is 0.387. The molecule has 2 aromatic carbocycles. The molecule has 0 radical (unpaired) electrons. The third-order valence-electron chi connectivity index (χ3n) is 5.63. The van der Waals surface area contributed by atoms with Gasteiger partial charge < -0.3 is 9.15 Å². The van der Waals surface area contributed by atoms with Gasteiger partial charge in [-0.05, 0) is 67.3 Å². The fraction of sp³-hybridized carbons (Fsp3) is 0.370. The molecule has 3 aromatic rings. The van der Waals surface area contributed by atoms with E-state index in [-0.39, 0.29) is 11.3 Å². The minimum atomic E-state index is -0.234. The van der Waals surface area contributed by atoms with Crippen molar-refractivity contribution in [2.24, 2.45) is 10.9 Å². The fourth-order valence-corrected chi connectivity index (χ4v) is 6.14. The molecule has 4 rings (SSSR count). The lowest BCUT2D eigenvalue weighted by Crippen LogP contribution is -2.15. The zero-order valence-corrected chi connectivity index (χ0v) is 20.3. The third kappa shape index (κ3) is 8.36. The van der Waals surface area contributed by atoms with E-state index in [0.717, 1.165) is 33.1 Å². The van der Waals surface area contributed by atoms with Crippen molar-refractivity contribution in [3.8, 4) is 0 Å². The molecule has 0 N–H and O–H groups in total. The van der Waals surface area contributed by atoms with Crippen LogP contribution in [0.3, 0.4) is 0 Å². The second kappa shape index (κ2) is 13.0. The molecule has 1 aromatic heterocycles. The number of furan rings is 1. The molecule has 174 valence electrons. The van der Waals surface area contributed by atoms with Gasteiger partial charge in [0.15, 0.2) is 0 Å². The van der Waals surface area contributed by atoms with Crippen molar-refractivity contribution in [2.45, 2.75) is 55.5 Å². The highest BCUT2D eigenvalue weighted by molar-refractivity contribution is 8.14. The van der Waals surface area contributed by atoms with Crippen LogP contribution in [0.25, 0.3) is 0 Å². The summed E-state index contributed by atoms with van der Waals surface area (Å²) in [4.78, 5) is 5.96. The van der Waals surface area contributed by atoms with Gasteiger partial charge in [0, 0.05) is 17.1 Å². The second-order valence-corrected chi connectivity index (χ2v) is 10.6. The zero-order chi connectivity index (χ0) is 22.7. The van der Waals surface area contributed by atoms with Crippen LogP contribution in [-0.2, 0) is 11.3 Å². The normalized spacial score (nSPS) is 16.1. The third-order valence-corrected chi connectivity index (χ3v) is 7.97. The molecule has 1 fully saturated rings. The van der Waals surface area contributed by atoms with Crippen LogP contribution in [0.2, 0.25) is 0 Å². The van der Waals surface area contributed by atoms with E-state index >= 15 is 0 Å². The van der Waals surface area contributed by atoms with Crippen LogP contribution >= 0.6 is 23.5 Å². The molecule has 0 amide bonds. The van der Waals surface area contributed by atoms with E-state index in [9.17, 15) is 4.39 Å². The van der Waals surface area contributed by atoms with Crippen molar-refractivity contribution in [3.63, 3.8) is 0 Å². The van der Waals surface area contributed by atoms with Crippen LogP contribution in [-0.4, -0.2) is 16.2 Å². The van der Waals surface area contributed by atoms with Crippen molar-refractivity contribution in [1.29, 1.82) is 0 Å². The van der Waals surface area contributed by atoms with Gasteiger partial charge >= 0.3 is 0 Å². The highest BCUT2D eigenvalue weighted by atomic mass is 32.2. The molecule has 1 atom stereocenters. The van der Waals surface area contributed by atoms with Gasteiger partial charge in [0.05, 0.1) is 17.0 Å². The Hall–Kier alpha value is -2.02. The Bertz CT molecular complexity index is 971. The van der Waals surface area contributed by atoms with Crippen LogP contribution in [0.1, 0.15) is 44.3 Å². The molecule has 3 nitrogen and oxygen atoms in total. The molecule has 1 saturated carbocycles. The summed E-state index contributed by atoms with van der Waals surface area (Å²) in [5.74, 6) is 2.41. The molecule has 33 heavy (non-hydrogen) atoms. The molecule has 1 unspecified atom stereocenters. The quantitative estimate of drug-likeness (QED) is 0.125. The van der Waals surface area contributed by atoms with Crippen molar-refractivity contribution < 1.29 is 13.5 Å². The monoisotopic (exact) mass is 483 g/mol. The molecular formula is C27H30FNO2S2. The van der Waals surface area contributed by atoms with E-state index < -0.39 is 0 Å². The number of thioether (sulfide) groups is 2. The minimum Gasteiger partial charge on any atom is -0.467 e. The maximum absolute atomic E-state index is 13.4. The van der Waals surface area contributed by atoms with Crippen LogP contribution in [0.5, 0.6) is 0 Å². The Labute approximate surface area is 204 Å². The van der Waals surface area contributed by atoms with Crippen molar-refractivity contribution >= 4 is 34.3 Å². The average molecular weight is 484 g/mol. The molecule has 6 heteroatoms. The van der Waals surface area contributed by atoms with Gasteiger partial charge in [-0.15, -0.1) is 11.8 Å². The second-order valence-electron chi connectivity index (χ2n) is 8.25. The van der Waals surface area contributed by atoms with E-state index in [1.54, 1.807) is 30.2 Å². The molecule has 1 aliphatic carbocycles. The van der Waals surface area contributed by atoms with Gasteiger partial charge in [-0.25, -0.2) is 9.38 Å². The largest absolute Gasteiger partial charge is 0.467 e. The van der Waals surface area contributed by atoms with E-state index in [0.29, 0.717) is 13.0 Å². The molecule has 0 spiro atoms. The lowest BCUT2D eigenvalue weighted by Gasteiger charge is -2.22. The SMILES string of the molecule is Fc1ccc(SC(CC(=Nc2ccccc2)SCC2CCCCC2)OCc2ccco2)cc1. The van der Waals surface area contributed by atoms with Crippen molar-refractivity contribution in [1.82, 2.24) is 0 Å².